The minimum atomic E-state index is -0.661. The number of hydrogen-bond donors (Lipinski definition) is 0. The van der Waals surface area contributed by atoms with E-state index in [0.29, 0.717) is 0 Å². The molecule has 66 valence electrons. The average molecular weight is 174 g/mol. The molecule has 1 saturated heterocycles. The maximum atomic E-state index is 11.9. The van der Waals surface area contributed by atoms with Crippen LogP contribution in [0.5, 0.6) is 0 Å². The summed E-state index contributed by atoms with van der Waals surface area (Å²) >= 11 is -0.661. The second-order valence-corrected chi connectivity index (χ2v) is 7.39. The van der Waals surface area contributed by atoms with E-state index in [9.17, 15) is 4.55 Å². The zero-order valence-electron chi connectivity index (χ0n) is 7.94. The van der Waals surface area contributed by atoms with E-state index in [1.54, 1.807) is 0 Å². The summed E-state index contributed by atoms with van der Waals surface area (Å²) in [7, 11) is 0. The molecule has 11 heavy (non-hydrogen) atoms. The lowest BCUT2D eigenvalue weighted by Gasteiger charge is -2.43. The SMILES string of the molecule is CC1(C)CCCC(C)(C)[S+]1[O-]. The Morgan fingerprint density at radius 1 is 1.00 bits per heavy atom. The average Bonchev–Trinajstić information content (AvgIpc) is 1.82. The molecule has 0 saturated carbocycles. The Hall–Kier alpha value is 0.310. The Morgan fingerprint density at radius 3 is 1.64 bits per heavy atom. The minimum Gasteiger partial charge on any atom is -0.616 e. The van der Waals surface area contributed by atoms with Gasteiger partial charge in [-0.05, 0) is 58.1 Å². The van der Waals surface area contributed by atoms with Crippen molar-refractivity contribution in [3.05, 3.63) is 0 Å². The number of hydrogen-bond acceptors (Lipinski definition) is 1. The maximum absolute atomic E-state index is 11.9. The van der Waals surface area contributed by atoms with E-state index in [1.165, 1.54) is 6.42 Å². The van der Waals surface area contributed by atoms with Crippen molar-refractivity contribution in [1.82, 2.24) is 0 Å². The van der Waals surface area contributed by atoms with Gasteiger partial charge in [0.1, 0.15) is 9.49 Å². The number of rotatable bonds is 0. The highest BCUT2D eigenvalue weighted by atomic mass is 32.2. The van der Waals surface area contributed by atoms with Crippen molar-refractivity contribution in [3.8, 4) is 0 Å². The zero-order chi connectivity index (χ0) is 8.70. The first-order chi connectivity index (χ1) is 4.86. The van der Waals surface area contributed by atoms with E-state index in [0.717, 1.165) is 12.8 Å². The van der Waals surface area contributed by atoms with Gasteiger partial charge in [0, 0.05) is 0 Å². The van der Waals surface area contributed by atoms with Crippen LogP contribution in [0.1, 0.15) is 47.0 Å². The predicted octanol–water partition coefficient (Wildman–Crippen LogP) is 2.48. The lowest BCUT2D eigenvalue weighted by Crippen LogP contribution is -2.49. The molecule has 0 aliphatic carbocycles. The molecule has 2 heteroatoms. The molecule has 1 rings (SSSR count). The van der Waals surface area contributed by atoms with Crippen molar-refractivity contribution in [1.29, 1.82) is 0 Å². The maximum Gasteiger partial charge on any atom is 0.120 e. The van der Waals surface area contributed by atoms with Crippen LogP contribution in [-0.4, -0.2) is 14.0 Å². The summed E-state index contributed by atoms with van der Waals surface area (Å²) in [5, 5.41) is 0. The highest BCUT2D eigenvalue weighted by Crippen LogP contribution is 2.40. The van der Waals surface area contributed by atoms with E-state index >= 15 is 0 Å². The molecular weight excluding hydrogens is 156 g/mol. The molecule has 0 atom stereocenters. The highest BCUT2D eigenvalue weighted by Gasteiger charge is 2.46. The molecule has 0 aromatic rings. The fraction of sp³-hybridized carbons (Fsp3) is 1.00. The van der Waals surface area contributed by atoms with Gasteiger partial charge in [-0.3, -0.25) is 0 Å². The van der Waals surface area contributed by atoms with E-state index < -0.39 is 11.2 Å². The van der Waals surface area contributed by atoms with Crippen molar-refractivity contribution in [2.75, 3.05) is 0 Å². The Balaban J connectivity index is 2.76. The Labute approximate surface area is 72.7 Å². The summed E-state index contributed by atoms with van der Waals surface area (Å²) in [5.74, 6) is 0. The fourth-order valence-electron chi connectivity index (χ4n) is 1.87. The first-order valence-corrected chi connectivity index (χ1v) is 5.43. The molecule has 0 aromatic carbocycles. The Morgan fingerprint density at radius 2 is 1.36 bits per heavy atom. The molecule has 0 aromatic heterocycles. The van der Waals surface area contributed by atoms with Crippen molar-refractivity contribution in [2.24, 2.45) is 0 Å². The van der Waals surface area contributed by atoms with Crippen molar-refractivity contribution >= 4 is 11.2 Å². The van der Waals surface area contributed by atoms with Crippen LogP contribution in [0.2, 0.25) is 0 Å². The van der Waals surface area contributed by atoms with Crippen LogP contribution in [0, 0.1) is 0 Å². The summed E-state index contributed by atoms with van der Waals surface area (Å²) in [6, 6.07) is 0. The third-order valence-electron chi connectivity index (χ3n) is 2.56. The summed E-state index contributed by atoms with van der Waals surface area (Å²) in [5.41, 5.74) is 0. The monoisotopic (exact) mass is 174 g/mol. The summed E-state index contributed by atoms with van der Waals surface area (Å²) in [4.78, 5) is 0. The normalized spacial score (nSPS) is 30.3. The Bertz CT molecular complexity index is 136. The third kappa shape index (κ3) is 1.73. The first-order valence-electron chi connectivity index (χ1n) is 4.28. The zero-order valence-corrected chi connectivity index (χ0v) is 8.75. The lowest BCUT2D eigenvalue weighted by atomic mass is 9.98. The van der Waals surface area contributed by atoms with Gasteiger partial charge in [-0.15, -0.1) is 0 Å². The van der Waals surface area contributed by atoms with Gasteiger partial charge in [0.2, 0.25) is 0 Å². The van der Waals surface area contributed by atoms with Crippen LogP contribution >= 0.6 is 0 Å². The minimum absolute atomic E-state index is 0.0434. The topological polar surface area (TPSA) is 23.1 Å². The molecular formula is C9H18OS. The van der Waals surface area contributed by atoms with Gasteiger partial charge < -0.3 is 4.55 Å². The molecule has 1 nitrogen and oxygen atoms in total. The van der Waals surface area contributed by atoms with Gasteiger partial charge in [0.15, 0.2) is 0 Å². The quantitative estimate of drug-likeness (QED) is 0.517. The second kappa shape index (κ2) is 2.67. The third-order valence-corrected chi connectivity index (χ3v) is 4.98. The molecule has 1 heterocycles. The smallest absolute Gasteiger partial charge is 0.120 e. The molecule has 1 aliphatic rings. The summed E-state index contributed by atoms with van der Waals surface area (Å²) in [6.07, 6.45) is 3.46. The Kier molecular flexibility index (Phi) is 2.28. The van der Waals surface area contributed by atoms with Gasteiger partial charge in [-0.25, -0.2) is 0 Å². The molecule has 1 aliphatic heterocycles. The van der Waals surface area contributed by atoms with Gasteiger partial charge in [-0.1, -0.05) is 0 Å². The van der Waals surface area contributed by atoms with Crippen molar-refractivity contribution in [3.63, 3.8) is 0 Å². The van der Waals surface area contributed by atoms with Gasteiger partial charge in [0.05, 0.1) is 0 Å². The van der Waals surface area contributed by atoms with Crippen LogP contribution in [0.4, 0.5) is 0 Å². The van der Waals surface area contributed by atoms with Crippen molar-refractivity contribution in [2.45, 2.75) is 56.5 Å². The van der Waals surface area contributed by atoms with E-state index in [4.69, 9.17) is 0 Å². The van der Waals surface area contributed by atoms with Crippen LogP contribution < -0.4 is 0 Å². The molecule has 0 spiro atoms. The van der Waals surface area contributed by atoms with Crippen molar-refractivity contribution < 1.29 is 4.55 Å². The highest BCUT2D eigenvalue weighted by molar-refractivity contribution is 7.94. The van der Waals surface area contributed by atoms with Crippen LogP contribution in [-0.2, 0) is 11.2 Å². The fourth-order valence-corrected chi connectivity index (χ4v) is 4.03. The lowest BCUT2D eigenvalue weighted by molar-refractivity contribution is 0.415. The van der Waals surface area contributed by atoms with Crippen LogP contribution in [0.25, 0.3) is 0 Å². The summed E-state index contributed by atoms with van der Waals surface area (Å²) in [6.45, 7) is 8.46. The molecule has 0 amide bonds. The standard InChI is InChI=1S/C9H18OS/c1-8(2)6-5-7-9(3,4)11(8)10/h5-7H2,1-4H3. The van der Waals surface area contributed by atoms with E-state index in [2.05, 4.69) is 27.7 Å². The molecule has 1 fully saturated rings. The summed E-state index contributed by atoms with van der Waals surface area (Å²) < 4.78 is 12.0. The molecule has 0 bridgehead atoms. The first kappa shape index (κ1) is 9.40. The van der Waals surface area contributed by atoms with Gasteiger partial charge in [-0.2, -0.15) is 0 Å². The van der Waals surface area contributed by atoms with Gasteiger partial charge in [0.25, 0.3) is 0 Å². The largest absolute Gasteiger partial charge is 0.616 e. The van der Waals surface area contributed by atoms with E-state index in [1.807, 2.05) is 0 Å². The second-order valence-electron chi connectivity index (χ2n) is 4.64. The molecule has 0 radical (unpaired) electrons. The molecule has 0 N–H and O–H groups in total. The molecule has 0 unspecified atom stereocenters. The van der Waals surface area contributed by atoms with E-state index in [-0.39, 0.29) is 9.49 Å². The van der Waals surface area contributed by atoms with Crippen LogP contribution in [0.3, 0.4) is 0 Å². The van der Waals surface area contributed by atoms with Crippen LogP contribution in [0.15, 0.2) is 0 Å². The predicted molar refractivity (Wildman–Crippen MR) is 50.2 cm³/mol. The van der Waals surface area contributed by atoms with Gasteiger partial charge >= 0.3 is 0 Å².